The number of pyridine rings is 1. The maximum absolute atomic E-state index is 14.7. The number of anilines is 1. The lowest BCUT2D eigenvalue weighted by Gasteiger charge is -2.12. The molecule has 1 aliphatic rings. The van der Waals surface area contributed by atoms with Crippen LogP contribution >= 0.6 is 0 Å². The Kier molecular flexibility index (Phi) is 5.78. The van der Waals surface area contributed by atoms with Crippen molar-refractivity contribution in [1.82, 2.24) is 24.1 Å². The van der Waals surface area contributed by atoms with E-state index in [1.807, 2.05) is 25.3 Å². The molecule has 1 amide bonds. The van der Waals surface area contributed by atoms with Crippen LogP contribution in [0.25, 0.3) is 11.5 Å². The van der Waals surface area contributed by atoms with E-state index in [1.165, 1.54) is 4.31 Å². The zero-order valence-electron chi connectivity index (χ0n) is 17.9. The molecule has 3 heterocycles. The number of hydrogen-bond acceptors (Lipinski definition) is 6. The van der Waals surface area contributed by atoms with Crippen molar-refractivity contribution in [3.63, 3.8) is 0 Å². The Labute approximate surface area is 185 Å². The Bertz CT molecular complexity index is 1290. The van der Waals surface area contributed by atoms with E-state index in [-0.39, 0.29) is 28.9 Å². The third-order valence-electron chi connectivity index (χ3n) is 5.18. The molecular weight excluding hydrogens is 435 g/mol. The fraction of sp³-hybridized carbons (Fsp3) is 0.333. The van der Waals surface area contributed by atoms with Gasteiger partial charge >= 0.3 is 0 Å². The van der Waals surface area contributed by atoms with Crippen molar-refractivity contribution < 1.29 is 17.6 Å². The zero-order chi connectivity index (χ0) is 23.0. The first kappa shape index (κ1) is 22.0. The first-order valence-electron chi connectivity index (χ1n) is 10.2. The van der Waals surface area contributed by atoms with E-state index in [2.05, 4.69) is 20.5 Å². The highest BCUT2D eigenvalue weighted by atomic mass is 32.2. The summed E-state index contributed by atoms with van der Waals surface area (Å²) in [5, 5.41) is 10.5. The third-order valence-corrected chi connectivity index (χ3v) is 7.11. The van der Waals surface area contributed by atoms with Crippen LogP contribution in [-0.4, -0.2) is 44.9 Å². The van der Waals surface area contributed by atoms with Gasteiger partial charge in [0.05, 0.1) is 10.5 Å². The smallest absolute Gasteiger partial charge is 0.259 e. The highest BCUT2D eigenvalue weighted by Gasteiger charge is 2.35. The molecule has 0 bridgehead atoms. The third kappa shape index (κ3) is 3.89. The van der Waals surface area contributed by atoms with E-state index in [1.54, 1.807) is 24.5 Å². The van der Waals surface area contributed by atoms with Crippen LogP contribution in [0.15, 0.2) is 41.6 Å². The summed E-state index contributed by atoms with van der Waals surface area (Å²) in [6.07, 6.45) is 2.23. The van der Waals surface area contributed by atoms with Gasteiger partial charge in [0.1, 0.15) is 23.7 Å². The van der Waals surface area contributed by atoms with Crippen molar-refractivity contribution in [2.24, 2.45) is 0 Å². The summed E-state index contributed by atoms with van der Waals surface area (Å²) in [5.41, 5.74) is 0.477. The molecule has 4 rings (SSSR count). The van der Waals surface area contributed by atoms with Gasteiger partial charge in [-0.15, -0.1) is 10.2 Å². The molecule has 0 saturated heterocycles. The standard InChI is InChI=1S/C21H23FN6O3S/c1-4-8-27-11-14-9-16(22)15(10-18(14)32(27,30)31)21(29)25-19-7-5-6-17(24-19)20-26-23-12-28(20)13(2)3/h5-7,9-10,12-13H,4,8,11H2,1-3H3,(H,24,25,29). The molecule has 0 aliphatic carbocycles. The van der Waals surface area contributed by atoms with E-state index in [0.717, 1.165) is 12.1 Å². The van der Waals surface area contributed by atoms with Gasteiger partial charge in [0.2, 0.25) is 10.0 Å². The molecular formula is C21H23FN6O3S. The number of carbonyl (C=O) groups excluding carboxylic acids is 1. The number of fused-ring (bicyclic) bond motifs is 1. The Morgan fingerprint density at radius 3 is 2.78 bits per heavy atom. The highest BCUT2D eigenvalue weighted by molar-refractivity contribution is 7.89. The predicted octanol–water partition coefficient (Wildman–Crippen LogP) is 3.23. The van der Waals surface area contributed by atoms with E-state index in [0.29, 0.717) is 30.0 Å². The summed E-state index contributed by atoms with van der Waals surface area (Å²) in [4.78, 5) is 17.1. The summed E-state index contributed by atoms with van der Waals surface area (Å²) in [6.45, 7) is 6.25. The van der Waals surface area contributed by atoms with Crippen LogP contribution in [0.1, 0.15) is 49.2 Å². The predicted molar refractivity (Wildman–Crippen MR) is 116 cm³/mol. The summed E-state index contributed by atoms with van der Waals surface area (Å²) >= 11 is 0. The Morgan fingerprint density at radius 2 is 2.06 bits per heavy atom. The minimum absolute atomic E-state index is 0.0377. The van der Waals surface area contributed by atoms with Crippen LogP contribution in [0, 0.1) is 5.82 Å². The fourth-order valence-electron chi connectivity index (χ4n) is 3.61. The van der Waals surface area contributed by atoms with Gasteiger partial charge in [-0.2, -0.15) is 4.31 Å². The van der Waals surface area contributed by atoms with Crippen molar-refractivity contribution in [1.29, 1.82) is 0 Å². The van der Waals surface area contributed by atoms with Crippen LogP contribution in [0.3, 0.4) is 0 Å². The average molecular weight is 459 g/mol. The molecule has 32 heavy (non-hydrogen) atoms. The largest absolute Gasteiger partial charge is 0.310 e. The number of amides is 1. The molecule has 9 nitrogen and oxygen atoms in total. The maximum Gasteiger partial charge on any atom is 0.259 e. The SMILES string of the molecule is CCCN1Cc2cc(F)c(C(=O)Nc3cccc(-c4nncn4C(C)C)n3)cc2S1(=O)=O. The lowest BCUT2D eigenvalue weighted by Crippen LogP contribution is -2.25. The molecule has 0 saturated carbocycles. The van der Waals surface area contributed by atoms with Crippen molar-refractivity contribution in [2.45, 2.75) is 44.7 Å². The number of carbonyl (C=O) groups is 1. The zero-order valence-corrected chi connectivity index (χ0v) is 18.7. The summed E-state index contributed by atoms with van der Waals surface area (Å²) in [7, 11) is -3.75. The van der Waals surface area contributed by atoms with E-state index >= 15 is 0 Å². The molecule has 0 fully saturated rings. The number of rotatable bonds is 6. The van der Waals surface area contributed by atoms with E-state index in [9.17, 15) is 17.6 Å². The first-order valence-corrected chi connectivity index (χ1v) is 11.7. The van der Waals surface area contributed by atoms with Crippen molar-refractivity contribution >= 4 is 21.7 Å². The average Bonchev–Trinajstić information content (AvgIpc) is 3.31. The molecule has 3 aromatic rings. The molecule has 2 aromatic heterocycles. The number of benzene rings is 1. The van der Waals surface area contributed by atoms with Gasteiger partial charge in [0.15, 0.2) is 5.82 Å². The van der Waals surface area contributed by atoms with Gasteiger partial charge in [-0.25, -0.2) is 17.8 Å². The minimum Gasteiger partial charge on any atom is -0.310 e. The second-order valence-corrected chi connectivity index (χ2v) is 9.70. The number of sulfonamides is 1. The quantitative estimate of drug-likeness (QED) is 0.607. The van der Waals surface area contributed by atoms with Crippen LogP contribution in [0.5, 0.6) is 0 Å². The Hall–Kier alpha value is -3.18. The van der Waals surface area contributed by atoms with Gasteiger partial charge in [-0.3, -0.25) is 4.79 Å². The number of nitrogens with one attached hydrogen (secondary N) is 1. The van der Waals surface area contributed by atoms with Crippen molar-refractivity contribution in [3.8, 4) is 11.5 Å². The van der Waals surface area contributed by atoms with Crippen LogP contribution in [0.2, 0.25) is 0 Å². The van der Waals surface area contributed by atoms with Gasteiger partial charge in [0, 0.05) is 19.1 Å². The molecule has 1 aliphatic heterocycles. The Balaban J connectivity index is 1.62. The fourth-order valence-corrected chi connectivity index (χ4v) is 5.34. The molecule has 1 N–H and O–H groups in total. The number of halogens is 1. The molecule has 1 aromatic carbocycles. The lowest BCUT2D eigenvalue weighted by molar-refractivity contribution is 0.102. The van der Waals surface area contributed by atoms with Crippen molar-refractivity contribution in [2.75, 3.05) is 11.9 Å². The van der Waals surface area contributed by atoms with Crippen LogP contribution < -0.4 is 5.32 Å². The highest BCUT2D eigenvalue weighted by Crippen LogP contribution is 2.32. The summed E-state index contributed by atoms with van der Waals surface area (Å²) in [6, 6.07) is 7.29. The second-order valence-electron chi connectivity index (χ2n) is 7.80. The van der Waals surface area contributed by atoms with E-state index < -0.39 is 21.7 Å². The summed E-state index contributed by atoms with van der Waals surface area (Å²) < 4.78 is 43.3. The van der Waals surface area contributed by atoms with Crippen molar-refractivity contribution in [3.05, 3.63) is 53.6 Å². The topological polar surface area (TPSA) is 110 Å². The monoisotopic (exact) mass is 458 g/mol. The minimum atomic E-state index is -3.75. The van der Waals surface area contributed by atoms with Gasteiger partial charge < -0.3 is 9.88 Å². The van der Waals surface area contributed by atoms with Gasteiger partial charge in [-0.05, 0) is 50.1 Å². The van der Waals surface area contributed by atoms with Gasteiger partial charge in [-0.1, -0.05) is 13.0 Å². The van der Waals surface area contributed by atoms with Gasteiger partial charge in [0.25, 0.3) is 5.91 Å². The number of aromatic nitrogens is 4. The Morgan fingerprint density at radius 1 is 1.28 bits per heavy atom. The van der Waals surface area contributed by atoms with E-state index in [4.69, 9.17) is 0 Å². The number of hydrogen-bond donors (Lipinski definition) is 1. The molecule has 168 valence electrons. The molecule has 0 radical (unpaired) electrons. The maximum atomic E-state index is 14.7. The number of nitrogens with zero attached hydrogens (tertiary/aromatic N) is 5. The normalized spacial score (nSPS) is 15.2. The first-order chi connectivity index (χ1) is 15.2. The molecule has 0 spiro atoms. The summed E-state index contributed by atoms with van der Waals surface area (Å²) in [5.74, 6) is -0.863. The second kappa shape index (κ2) is 8.40. The molecule has 0 atom stereocenters. The molecule has 0 unspecified atom stereocenters. The molecule has 11 heteroatoms. The van der Waals surface area contributed by atoms with Crippen LogP contribution in [-0.2, 0) is 16.6 Å². The lowest BCUT2D eigenvalue weighted by atomic mass is 10.1. The van der Waals surface area contributed by atoms with Crippen LogP contribution in [0.4, 0.5) is 10.2 Å².